The molecule has 2 N–H and O–H groups in total. The van der Waals surface area contributed by atoms with Crippen LogP contribution < -0.4 is 4.72 Å². The van der Waals surface area contributed by atoms with Crippen LogP contribution in [0.4, 0.5) is 13.2 Å². The molecule has 0 spiro atoms. The number of sulfonamides is 1. The first-order valence-corrected chi connectivity index (χ1v) is 7.41. The van der Waals surface area contributed by atoms with Crippen LogP contribution >= 0.6 is 0 Å². The van der Waals surface area contributed by atoms with Crippen LogP contribution in [-0.2, 0) is 10.0 Å². The lowest BCUT2D eigenvalue weighted by atomic mass is 10.1. The summed E-state index contributed by atoms with van der Waals surface area (Å²) in [7, 11) is -4.09. The van der Waals surface area contributed by atoms with Gasteiger partial charge in [-0.25, -0.2) is 13.1 Å². The van der Waals surface area contributed by atoms with E-state index in [4.69, 9.17) is 5.11 Å². The lowest BCUT2D eigenvalue weighted by molar-refractivity contribution is -0.132. The maximum atomic E-state index is 12.0. The lowest BCUT2D eigenvalue weighted by Crippen LogP contribution is -2.28. The van der Waals surface area contributed by atoms with E-state index >= 15 is 0 Å². The van der Waals surface area contributed by atoms with Crippen molar-refractivity contribution in [2.45, 2.75) is 24.4 Å². The van der Waals surface area contributed by atoms with Crippen LogP contribution in [0.5, 0.6) is 0 Å². The summed E-state index contributed by atoms with van der Waals surface area (Å²) in [6.45, 7) is 0.527. The Morgan fingerprint density at radius 3 is 2.57 bits per heavy atom. The molecule has 4 nitrogen and oxygen atoms in total. The monoisotopic (exact) mass is 321 g/mol. The van der Waals surface area contributed by atoms with Gasteiger partial charge in [0, 0.05) is 12.1 Å². The van der Waals surface area contributed by atoms with Crippen LogP contribution in [0, 0.1) is 18.8 Å². The number of halogens is 3. The topological polar surface area (TPSA) is 66.4 Å². The van der Waals surface area contributed by atoms with Gasteiger partial charge in [-0.05, 0) is 24.6 Å². The molecule has 116 valence electrons. The summed E-state index contributed by atoms with van der Waals surface area (Å²) in [5, 5.41) is 8.66. The molecule has 0 atom stereocenters. The number of hydrogen-bond acceptors (Lipinski definition) is 3. The van der Waals surface area contributed by atoms with Gasteiger partial charge in [0.05, 0.1) is 11.3 Å². The fourth-order valence-corrected chi connectivity index (χ4v) is 2.69. The average molecular weight is 321 g/mol. The van der Waals surface area contributed by atoms with Crippen LogP contribution in [0.2, 0.25) is 0 Å². The molecule has 0 amide bonds. The third-order valence-corrected chi connectivity index (χ3v) is 3.95. The number of rotatable bonds is 4. The number of aryl methyl sites for hydroxylation is 1. The van der Waals surface area contributed by atoms with E-state index in [1.165, 1.54) is 18.2 Å². The minimum atomic E-state index is -4.44. The largest absolute Gasteiger partial charge is 0.390 e. The van der Waals surface area contributed by atoms with Crippen molar-refractivity contribution in [3.05, 3.63) is 29.3 Å². The summed E-state index contributed by atoms with van der Waals surface area (Å²) in [5.74, 6) is 4.79. The summed E-state index contributed by atoms with van der Waals surface area (Å²) in [4.78, 5) is -0.212. The molecule has 0 aliphatic rings. The minimum Gasteiger partial charge on any atom is -0.384 e. The molecule has 0 unspecified atom stereocenters. The first kappa shape index (κ1) is 17.5. The third-order valence-electron chi connectivity index (χ3n) is 2.43. The smallest absolute Gasteiger partial charge is 0.384 e. The zero-order valence-corrected chi connectivity index (χ0v) is 12.0. The highest BCUT2D eigenvalue weighted by atomic mass is 32.2. The summed E-state index contributed by atoms with van der Waals surface area (Å²) < 4.78 is 62.0. The molecular weight excluding hydrogens is 307 g/mol. The van der Waals surface area contributed by atoms with Crippen LogP contribution in [0.25, 0.3) is 0 Å². The van der Waals surface area contributed by atoms with Crippen LogP contribution in [0.1, 0.15) is 17.5 Å². The van der Waals surface area contributed by atoms with Crippen molar-refractivity contribution in [3.63, 3.8) is 0 Å². The second-order valence-electron chi connectivity index (χ2n) is 4.22. The van der Waals surface area contributed by atoms with Gasteiger partial charge in [-0.3, -0.25) is 0 Å². The number of hydrogen-bond donors (Lipinski definition) is 2. The van der Waals surface area contributed by atoms with Gasteiger partial charge in [-0.1, -0.05) is 17.9 Å². The molecule has 0 fully saturated rings. The quantitative estimate of drug-likeness (QED) is 0.827. The Labute approximate surface area is 121 Å². The van der Waals surface area contributed by atoms with Gasteiger partial charge in [0.2, 0.25) is 10.0 Å². The maximum Gasteiger partial charge on any atom is 0.390 e. The van der Waals surface area contributed by atoms with Crippen molar-refractivity contribution in [3.8, 4) is 11.8 Å². The molecule has 0 bridgehead atoms. The molecule has 0 radical (unpaired) electrons. The van der Waals surface area contributed by atoms with Crippen LogP contribution in [0.3, 0.4) is 0 Å². The molecule has 0 saturated heterocycles. The fraction of sp³-hybridized carbons (Fsp3) is 0.385. The van der Waals surface area contributed by atoms with E-state index in [9.17, 15) is 21.6 Å². The Kier molecular flexibility index (Phi) is 5.78. The number of aliphatic hydroxyl groups is 1. The van der Waals surface area contributed by atoms with Crippen LogP contribution in [-0.4, -0.2) is 32.9 Å². The van der Waals surface area contributed by atoms with Crippen molar-refractivity contribution >= 4 is 10.0 Å². The Bertz CT molecular complexity index is 657. The van der Waals surface area contributed by atoms with Gasteiger partial charge in [-0.15, -0.1) is 0 Å². The summed E-state index contributed by atoms with van der Waals surface area (Å²) in [6.07, 6.45) is -5.69. The van der Waals surface area contributed by atoms with E-state index in [1.807, 2.05) is 4.72 Å². The number of alkyl halides is 3. The highest BCUT2D eigenvalue weighted by molar-refractivity contribution is 7.89. The Hall–Kier alpha value is -1.56. The Balaban J connectivity index is 3.02. The van der Waals surface area contributed by atoms with Crippen molar-refractivity contribution in [2.75, 3.05) is 13.2 Å². The van der Waals surface area contributed by atoms with Gasteiger partial charge < -0.3 is 5.11 Å². The zero-order chi connectivity index (χ0) is 16.1. The first-order valence-electron chi connectivity index (χ1n) is 5.92. The highest BCUT2D eigenvalue weighted by Gasteiger charge is 2.28. The predicted molar refractivity (Wildman–Crippen MR) is 71.0 cm³/mol. The van der Waals surface area contributed by atoms with E-state index in [0.29, 0.717) is 0 Å². The molecule has 1 aromatic carbocycles. The van der Waals surface area contributed by atoms with Crippen molar-refractivity contribution in [1.29, 1.82) is 0 Å². The summed E-state index contributed by atoms with van der Waals surface area (Å²) >= 11 is 0. The normalized spacial score (nSPS) is 11.9. The average Bonchev–Trinajstić information content (AvgIpc) is 2.34. The van der Waals surface area contributed by atoms with Crippen LogP contribution in [0.15, 0.2) is 23.1 Å². The molecule has 0 aromatic heterocycles. The predicted octanol–water partition coefficient (Wildman–Crippen LogP) is 1.57. The summed E-state index contributed by atoms with van der Waals surface area (Å²) in [5.41, 5.74) is 0.870. The molecule has 1 rings (SSSR count). The number of benzene rings is 1. The zero-order valence-electron chi connectivity index (χ0n) is 11.2. The second-order valence-corrected chi connectivity index (χ2v) is 5.96. The fourth-order valence-electron chi connectivity index (χ4n) is 1.52. The molecule has 0 heterocycles. The van der Waals surface area contributed by atoms with Crippen molar-refractivity contribution < 1.29 is 26.7 Å². The molecule has 0 saturated carbocycles. The molecule has 8 heteroatoms. The first-order chi connectivity index (χ1) is 9.65. The minimum absolute atomic E-state index is 0.128. The molecular formula is C13H14F3NO3S. The molecule has 1 aromatic rings. The van der Waals surface area contributed by atoms with E-state index < -0.39 is 35.8 Å². The standard InChI is InChI=1S/C13H14F3NO3S/c1-10-4-5-12(11(9-10)3-2-8-18)21(19,20)17-7-6-13(14,15)16/h4-5,9,17-18H,6-8H2,1H3. The highest BCUT2D eigenvalue weighted by Crippen LogP contribution is 2.20. The Morgan fingerprint density at radius 1 is 1.33 bits per heavy atom. The van der Waals surface area contributed by atoms with Crippen molar-refractivity contribution in [2.24, 2.45) is 0 Å². The van der Waals surface area contributed by atoms with E-state index in [0.717, 1.165) is 5.56 Å². The van der Waals surface area contributed by atoms with Gasteiger partial charge >= 0.3 is 6.18 Å². The van der Waals surface area contributed by atoms with E-state index in [1.54, 1.807) is 6.92 Å². The molecule has 0 aliphatic heterocycles. The van der Waals surface area contributed by atoms with Crippen molar-refractivity contribution in [1.82, 2.24) is 4.72 Å². The van der Waals surface area contributed by atoms with E-state index in [2.05, 4.69) is 11.8 Å². The van der Waals surface area contributed by atoms with Gasteiger partial charge in [0.25, 0.3) is 0 Å². The molecule has 21 heavy (non-hydrogen) atoms. The third kappa shape index (κ3) is 5.75. The number of aliphatic hydroxyl groups excluding tert-OH is 1. The van der Waals surface area contributed by atoms with Gasteiger partial charge in [0.15, 0.2) is 0 Å². The van der Waals surface area contributed by atoms with E-state index in [-0.39, 0.29) is 10.5 Å². The van der Waals surface area contributed by atoms with Gasteiger partial charge in [0.1, 0.15) is 6.61 Å². The SMILES string of the molecule is Cc1ccc(S(=O)(=O)NCCC(F)(F)F)c(C#CCO)c1. The second kappa shape index (κ2) is 6.93. The lowest BCUT2D eigenvalue weighted by Gasteiger charge is -2.10. The molecule has 0 aliphatic carbocycles. The summed E-state index contributed by atoms with van der Waals surface area (Å²) in [6, 6.07) is 4.27. The maximum absolute atomic E-state index is 12.0. The Morgan fingerprint density at radius 2 is 2.00 bits per heavy atom. The number of nitrogens with one attached hydrogen (secondary N) is 1. The van der Waals surface area contributed by atoms with Gasteiger partial charge in [-0.2, -0.15) is 13.2 Å².